The fourth-order valence-electron chi connectivity index (χ4n) is 8.18. The molecule has 0 atom stereocenters. The topological polar surface area (TPSA) is 17.8 Å². The average Bonchev–Trinajstić information content (AvgIpc) is 3.63. The Morgan fingerprint density at radius 1 is 0.440 bits per heavy atom. The maximum Gasteiger partial charge on any atom is 0.0708 e. The molecule has 0 saturated heterocycles. The van der Waals surface area contributed by atoms with Crippen LogP contribution in [-0.2, 0) is 5.41 Å². The zero-order valence-electron chi connectivity index (χ0n) is 28.1. The van der Waals surface area contributed by atoms with Crippen LogP contribution in [0.3, 0.4) is 0 Å². The van der Waals surface area contributed by atoms with Crippen molar-refractivity contribution < 1.29 is 0 Å². The summed E-state index contributed by atoms with van der Waals surface area (Å²) in [4.78, 5) is 4.73. The van der Waals surface area contributed by atoms with Gasteiger partial charge in [-0.1, -0.05) is 135 Å². The van der Waals surface area contributed by atoms with Gasteiger partial charge in [-0.05, 0) is 92.4 Å². The third kappa shape index (κ3) is 4.38. The largest absolute Gasteiger partial charge is 0.309 e. The summed E-state index contributed by atoms with van der Waals surface area (Å²) < 4.78 is 2.38. The van der Waals surface area contributed by atoms with E-state index in [1.165, 1.54) is 77.4 Å². The predicted octanol–water partition coefficient (Wildman–Crippen LogP) is 12.6. The van der Waals surface area contributed by atoms with Crippen molar-refractivity contribution in [3.63, 3.8) is 0 Å². The summed E-state index contributed by atoms with van der Waals surface area (Å²) in [5, 5.41) is 4.94. The first kappa shape index (κ1) is 28.7. The number of benzene rings is 7. The van der Waals surface area contributed by atoms with Crippen molar-refractivity contribution in [2.75, 3.05) is 0 Å². The van der Waals surface area contributed by atoms with Gasteiger partial charge in [0.15, 0.2) is 0 Å². The van der Waals surface area contributed by atoms with Crippen molar-refractivity contribution in [3.8, 4) is 50.3 Å². The molecule has 0 aliphatic heterocycles. The summed E-state index contributed by atoms with van der Waals surface area (Å²) in [6, 6.07) is 59.8. The zero-order valence-corrected chi connectivity index (χ0v) is 28.1. The van der Waals surface area contributed by atoms with Gasteiger partial charge in [-0.15, -0.1) is 0 Å². The normalized spacial score (nSPS) is 13.2. The standard InChI is InChI=1S/C48H34N2/c1-48(2)43-27-35(31-15-17-33(18-16-31)45-29-34-9-3-4-10-37(34)30-49-45)21-25-39(43)40-26-22-36(28-44(40)48)32-19-23-38(24-20-32)50-46-13-7-5-11-41(46)42-12-6-8-14-47(42)50/h3-30H,1-2H3. The Balaban J connectivity index is 0.959. The number of pyridine rings is 1. The fourth-order valence-corrected chi connectivity index (χ4v) is 8.18. The lowest BCUT2D eigenvalue weighted by atomic mass is 9.81. The smallest absolute Gasteiger partial charge is 0.0708 e. The SMILES string of the molecule is CC1(C)c2cc(-c3ccc(-c4cc5ccccc5cn4)cc3)ccc2-c2ccc(-c3ccc(-n4c5ccccc5c5ccccc54)cc3)cc21. The van der Waals surface area contributed by atoms with E-state index in [-0.39, 0.29) is 5.41 Å². The van der Waals surface area contributed by atoms with E-state index in [0.29, 0.717) is 0 Å². The van der Waals surface area contributed by atoms with E-state index in [1.807, 2.05) is 6.20 Å². The molecule has 0 N–H and O–H groups in total. The molecule has 2 nitrogen and oxygen atoms in total. The van der Waals surface area contributed by atoms with Crippen molar-refractivity contribution in [1.29, 1.82) is 0 Å². The van der Waals surface area contributed by atoms with E-state index in [0.717, 1.165) is 16.6 Å². The summed E-state index contributed by atoms with van der Waals surface area (Å²) in [6.07, 6.45) is 1.96. The molecule has 236 valence electrons. The summed E-state index contributed by atoms with van der Waals surface area (Å²) in [5.41, 5.74) is 16.0. The van der Waals surface area contributed by atoms with E-state index >= 15 is 0 Å². The van der Waals surface area contributed by atoms with Crippen LogP contribution < -0.4 is 0 Å². The van der Waals surface area contributed by atoms with Gasteiger partial charge >= 0.3 is 0 Å². The summed E-state index contributed by atoms with van der Waals surface area (Å²) in [6.45, 7) is 4.73. The molecule has 0 fully saturated rings. The number of nitrogens with zero attached hydrogens (tertiary/aromatic N) is 2. The molecule has 50 heavy (non-hydrogen) atoms. The lowest BCUT2D eigenvalue weighted by Gasteiger charge is -2.22. The van der Waals surface area contributed by atoms with Crippen molar-refractivity contribution in [2.24, 2.45) is 0 Å². The maximum absolute atomic E-state index is 4.73. The van der Waals surface area contributed by atoms with Crippen molar-refractivity contribution in [2.45, 2.75) is 19.3 Å². The Hall–Kier alpha value is -6.25. The molecular formula is C48H34N2. The molecule has 10 rings (SSSR count). The molecule has 0 amide bonds. The molecule has 0 bridgehead atoms. The van der Waals surface area contributed by atoms with E-state index in [2.05, 4.69) is 182 Å². The highest BCUT2D eigenvalue weighted by Gasteiger charge is 2.35. The molecule has 0 saturated carbocycles. The van der Waals surface area contributed by atoms with E-state index in [9.17, 15) is 0 Å². The van der Waals surface area contributed by atoms with Crippen LogP contribution in [0.4, 0.5) is 0 Å². The fraction of sp³-hybridized carbons (Fsp3) is 0.0625. The van der Waals surface area contributed by atoms with E-state index in [1.54, 1.807) is 0 Å². The summed E-state index contributed by atoms with van der Waals surface area (Å²) in [7, 11) is 0. The number of rotatable bonds is 4. The molecule has 0 spiro atoms. The maximum atomic E-state index is 4.73. The van der Waals surface area contributed by atoms with Crippen molar-refractivity contribution in [1.82, 2.24) is 9.55 Å². The molecular weight excluding hydrogens is 605 g/mol. The monoisotopic (exact) mass is 638 g/mol. The van der Waals surface area contributed by atoms with Crippen LogP contribution in [-0.4, -0.2) is 9.55 Å². The lowest BCUT2D eigenvalue weighted by molar-refractivity contribution is 0.661. The number of para-hydroxylation sites is 2. The first-order valence-electron chi connectivity index (χ1n) is 17.4. The Morgan fingerprint density at radius 3 is 1.52 bits per heavy atom. The molecule has 2 heteroatoms. The average molecular weight is 639 g/mol. The zero-order chi connectivity index (χ0) is 33.4. The number of hydrogen-bond donors (Lipinski definition) is 0. The van der Waals surface area contributed by atoms with Gasteiger partial charge in [-0.25, -0.2) is 0 Å². The molecule has 0 radical (unpaired) electrons. The van der Waals surface area contributed by atoms with Gasteiger partial charge in [0.05, 0.1) is 16.7 Å². The first-order valence-corrected chi connectivity index (χ1v) is 17.4. The second-order valence-electron chi connectivity index (χ2n) is 14.1. The first-order chi connectivity index (χ1) is 24.5. The molecule has 1 aliphatic carbocycles. The molecule has 7 aromatic carbocycles. The van der Waals surface area contributed by atoms with E-state index in [4.69, 9.17) is 4.98 Å². The van der Waals surface area contributed by atoms with Gasteiger partial charge in [-0.2, -0.15) is 0 Å². The molecule has 0 unspecified atom stereocenters. The van der Waals surface area contributed by atoms with Gasteiger partial charge in [0, 0.05) is 39.0 Å². The Kier molecular flexibility index (Phi) is 6.25. The van der Waals surface area contributed by atoms with Gasteiger partial charge in [0.25, 0.3) is 0 Å². The van der Waals surface area contributed by atoms with Gasteiger partial charge < -0.3 is 4.57 Å². The quantitative estimate of drug-likeness (QED) is 0.188. The van der Waals surface area contributed by atoms with Crippen LogP contribution >= 0.6 is 0 Å². The van der Waals surface area contributed by atoms with Crippen LogP contribution in [0, 0.1) is 0 Å². The van der Waals surface area contributed by atoms with Crippen molar-refractivity contribution >= 4 is 32.6 Å². The second kappa shape index (κ2) is 10.9. The van der Waals surface area contributed by atoms with Crippen LogP contribution in [0.15, 0.2) is 170 Å². The minimum absolute atomic E-state index is 0.117. The molecule has 1 aliphatic rings. The van der Waals surface area contributed by atoms with Crippen LogP contribution in [0.5, 0.6) is 0 Å². The Bertz CT molecular complexity index is 2710. The Morgan fingerprint density at radius 2 is 0.920 bits per heavy atom. The highest BCUT2D eigenvalue weighted by atomic mass is 15.0. The Labute approximate surface area is 291 Å². The van der Waals surface area contributed by atoms with Gasteiger partial charge in [0.2, 0.25) is 0 Å². The third-order valence-corrected chi connectivity index (χ3v) is 10.9. The van der Waals surface area contributed by atoms with Crippen LogP contribution in [0.2, 0.25) is 0 Å². The highest BCUT2D eigenvalue weighted by Crippen LogP contribution is 2.50. The summed E-state index contributed by atoms with van der Waals surface area (Å²) >= 11 is 0. The van der Waals surface area contributed by atoms with Crippen LogP contribution in [0.25, 0.3) is 82.9 Å². The third-order valence-electron chi connectivity index (χ3n) is 10.9. The predicted molar refractivity (Wildman–Crippen MR) is 210 cm³/mol. The van der Waals surface area contributed by atoms with Crippen LogP contribution in [0.1, 0.15) is 25.0 Å². The number of hydrogen-bond acceptors (Lipinski definition) is 1. The number of fused-ring (bicyclic) bond motifs is 7. The number of aromatic nitrogens is 2. The molecule has 2 heterocycles. The van der Waals surface area contributed by atoms with Gasteiger partial charge in [-0.3, -0.25) is 4.98 Å². The highest BCUT2D eigenvalue weighted by molar-refractivity contribution is 6.09. The van der Waals surface area contributed by atoms with Gasteiger partial charge in [0.1, 0.15) is 0 Å². The second-order valence-corrected chi connectivity index (χ2v) is 14.1. The van der Waals surface area contributed by atoms with E-state index < -0.39 is 0 Å². The van der Waals surface area contributed by atoms with Crippen molar-refractivity contribution in [3.05, 3.63) is 181 Å². The lowest BCUT2D eigenvalue weighted by Crippen LogP contribution is -2.15. The molecule has 2 aromatic heterocycles. The minimum atomic E-state index is -0.117. The minimum Gasteiger partial charge on any atom is -0.309 e. The summed E-state index contributed by atoms with van der Waals surface area (Å²) in [5.74, 6) is 0. The molecule has 9 aromatic rings.